The first-order valence-corrected chi connectivity index (χ1v) is 17.3. The van der Waals surface area contributed by atoms with Crippen LogP contribution in [0.3, 0.4) is 0 Å². The maximum Gasteiger partial charge on any atom is 0.251 e. The summed E-state index contributed by atoms with van der Waals surface area (Å²) in [7, 11) is 11.3. The minimum Gasteiger partial charge on any atom is -0.378 e. The molecule has 0 bridgehead atoms. The van der Waals surface area contributed by atoms with Crippen LogP contribution >= 0.6 is 21.6 Å². The van der Waals surface area contributed by atoms with Crippen molar-refractivity contribution in [2.24, 2.45) is 10.2 Å². The van der Waals surface area contributed by atoms with Crippen molar-refractivity contribution in [1.82, 2.24) is 10.6 Å². The quantitative estimate of drug-likeness (QED) is 0.0433. The lowest BCUT2D eigenvalue weighted by molar-refractivity contribution is 0.0948. The molecule has 0 aliphatic carbocycles. The Morgan fingerprint density at radius 1 is 0.543 bits per heavy atom. The van der Waals surface area contributed by atoms with Crippen LogP contribution in [-0.2, 0) is 0 Å². The lowest BCUT2D eigenvalue weighted by Crippen LogP contribution is -2.26. The van der Waals surface area contributed by atoms with Gasteiger partial charge in [0.05, 0.1) is 22.7 Å². The molecule has 4 aromatic rings. The highest BCUT2D eigenvalue weighted by Crippen LogP contribution is 2.22. The van der Waals surface area contributed by atoms with Crippen LogP contribution in [0.15, 0.2) is 107 Å². The molecule has 0 atom stereocenters. The van der Waals surface area contributed by atoms with Crippen molar-refractivity contribution >= 4 is 67.5 Å². The van der Waals surface area contributed by atoms with Crippen LogP contribution in [0, 0.1) is 0 Å². The molecule has 0 fully saturated rings. The first-order valence-electron chi connectivity index (χ1n) is 14.8. The van der Waals surface area contributed by atoms with Gasteiger partial charge in [-0.3, -0.25) is 9.59 Å². The molecule has 0 heterocycles. The predicted octanol–water partition coefficient (Wildman–Crippen LogP) is 7.21. The van der Waals surface area contributed by atoms with Crippen molar-refractivity contribution in [3.05, 3.63) is 108 Å². The Kier molecular flexibility index (Phi) is 13.2. The van der Waals surface area contributed by atoms with Gasteiger partial charge in [-0.05, 0) is 97.1 Å². The number of nitrogens with one attached hydrogen (secondary N) is 4. The Bertz CT molecular complexity index is 1560. The van der Waals surface area contributed by atoms with Gasteiger partial charge in [0, 0.05) is 75.3 Å². The van der Waals surface area contributed by atoms with Gasteiger partial charge < -0.3 is 31.3 Å². The monoisotopic (exact) mass is 656 g/mol. The van der Waals surface area contributed by atoms with E-state index in [1.54, 1.807) is 58.0 Å². The lowest BCUT2D eigenvalue weighted by Gasteiger charge is -2.14. The molecule has 2 amide bonds. The van der Waals surface area contributed by atoms with Gasteiger partial charge in [-0.2, -0.15) is 10.2 Å². The number of hydrazine groups is 1. The van der Waals surface area contributed by atoms with E-state index in [0.29, 0.717) is 29.9 Å². The van der Waals surface area contributed by atoms with Gasteiger partial charge in [-0.15, -0.1) is 0 Å². The summed E-state index contributed by atoms with van der Waals surface area (Å²) in [6.07, 6.45) is 0. The van der Waals surface area contributed by atoms with Gasteiger partial charge in [-0.1, -0.05) is 21.6 Å². The van der Waals surface area contributed by atoms with Crippen molar-refractivity contribution in [2.75, 3.05) is 73.4 Å². The van der Waals surface area contributed by atoms with Gasteiger partial charge in [-0.25, -0.2) is 0 Å². The molecular weight excluding hydrogens is 617 g/mol. The molecular formula is C34H40N8O2S2. The van der Waals surface area contributed by atoms with Crippen molar-refractivity contribution in [2.45, 2.75) is 0 Å². The number of carbonyl (C=O) groups is 2. The Morgan fingerprint density at radius 2 is 0.891 bits per heavy atom. The van der Waals surface area contributed by atoms with Gasteiger partial charge in [0.1, 0.15) is 0 Å². The standard InChI is InChI=1S/C34H40N8O2S2/c1-41(2)31-17-13-29(14-18-31)39-37-27-9-5-25(6-10-27)33(43)35-21-23-45-46-24-22-36-34(44)26-7-11-28(12-8-26)38-40-30-15-19-32(20-16-30)42(3)4/h5-20,37,39H,21-24H2,1-4H3,(H,35,43)(H,36,44). The van der Waals surface area contributed by atoms with Crippen LogP contribution < -0.4 is 31.3 Å². The van der Waals surface area contributed by atoms with Crippen LogP contribution in [-0.4, -0.2) is 64.6 Å². The zero-order valence-electron chi connectivity index (χ0n) is 26.5. The van der Waals surface area contributed by atoms with Crippen molar-refractivity contribution < 1.29 is 9.59 Å². The third kappa shape index (κ3) is 11.0. The summed E-state index contributed by atoms with van der Waals surface area (Å²) in [5.74, 6) is 1.28. The summed E-state index contributed by atoms with van der Waals surface area (Å²) in [5, 5.41) is 14.4. The number of hydrogen-bond donors (Lipinski definition) is 4. The molecule has 0 saturated heterocycles. The number of hydrogen-bond acceptors (Lipinski definition) is 10. The fourth-order valence-corrected chi connectivity index (χ4v) is 5.85. The second-order valence-corrected chi connectivity index (χ2v) is 13.3. The molecule has 0 unspecified atom stereocenters. The minimum atomic E-state index is -0.128. The number of nitrogens with zero attached hydrogens (tertiary/aromatic N) is 4. The average molecular weight is 657 g/mol. The third-order valence-electron chi connectivity index (χ3n) is 6.68. The summed E-state index contributed by atoms with van der Waals surface area (Å²) in [6.45, 7) is 1.10. The molecule has 0 aliphatic heterocycles. The van der Waals surface area contributed by atoms with E-state index < -0.39 is 0 Å². The molecule has 240 valence electrons. The molecule has 4 rings (SSSR count). The Labute approximate surface area is 278 Å². The van der Waals surface area contributed by atoms with Gasteiger partial charge in [0.25, 0.3) is 11.8 Å². The van der Waals surface area contributed by atoms with Crippen molar-refractivity contribution in [3.8, 4) is 0 Å². The number of carbonyl (C=O) groups excluding carboxylic acids is 2. The maximum atomic E-state index is 12.5. The SMILES string of the molecule is CN(C)c1ccc(N=Nc2ccc(C(=O)NCCSSCCNC(=O)c3ccc(NNc4ccc(N(C)C)cc4)cc3)cc2)cc1. The van der Waals surface area contributed by atoms with E-state index in [1.807, 2.05) is 98.7 Å². The highest BCUT2D eigenvalue weighted by Gasteiger charge is 2.07. The van der Waals surface area contributed by atoms with Gasteiger partial charge in [0.15, 0.2) is 0 Å². The Balaban J connectivity index is 1.06. The summed E-state index contributed by atoms with van der Waals surface area (Å²) in [6, 6.07) is 30.2. The number of anilines is 4. The number of benzene rings is 4. The molecule has 10 nitrogen and oxygen atoms in total. The lowest BCUT2D eigenvalue weighted by atomic mass is 10.2. The summed E-state index contributed by atoms with van der Waals surface area (Å²) < 4.78 is 0. The average Bonchev–Trinajstić information content (AvgIpc) is 3.08. The van der Waals surface area contributed by atoms with Crippen LogP contribution in [0.2, 0.25) is 0 Å². The fraction of sp³-hybridized carbons (Fsp3) is 0.235. The van der Waals surface area contributed by atoms with Crippen molar-refractivity contribution in [1.29, 1.82) is 0 Å². The highest BCUT2D eigenvalue weighted by atomic mass is 33.1. The van der Waals surface area contributed by atoms with Crippen LogP contribution in [0.25, 0.3) is 0 Å². The summed E-state index contributed by atoms with van der Waals surface area (Å²) in [4.78, 5) is 29.0. The maximum absolute atomic E-state index is 12.5. The topological polar surface area (TPSA) is 113 Å². The van der Waals surface area contributed by atoms with Gasteiger partial charge >= 0.3 is 0 Å². The Hall–Kier alpha value is -4.68. The largest absolute Gasteiger partial charge is 0.378 e. The highest BCUT2D eigenvalue weighted by molar-refractivity contribution is 8.76. The molecule has 0 aliphatic rings. The smallest absolute Gasteiger partial charge is 0.251 e. The Morgan fingerprint density at radius 3 is 1.30 bits per heavy atom. The molecule has 4 aromatic carbocycles. The van der Waals surface area contributed by atoms with Crippen LogP contribution in [0.1, 0.15) is 20.7 Å². The van der Waals surface area contributed by atoms with E-state index in [0.717, 1.165) is 39.9 Å². The molecule has 0 radical (unpaired) electrons. The first kappa shape index (κ1) is 34.2. The molecule has 46 heavy (non-hydrogen) atoms. The zero-order valence-corrected chi connectivity index (χ0v) is 28.1. The second kappa shape index (κ2) is 17.7. The minimum absolute atomic E-state index is 0.109. The number of amides is 2. The fourth-order valence-electron chi connectivity index (χ4n) is 4.04. The normalized spacial score (nSPS) is 10.8. The van der Waals surface area contributed by atoms with E-state index in [9.17, 15) is 9.59 Å². The van der Waals surface area contributed by atoms with Crippen molar-refractivity contribution in [3.63, 3.8) is 0 Å². The predicted molar refractivity (Wildman–Crippen MR) is 195 cm³/mol. The van der Waals surface area contributed by atoms with Crippen LogP contribution in [0.5, 0.6) is 0 Å². The molecule has 12 heteroatoms. The summed E-state index contributed by atoms with van der Waals surface area (Å²) in [5.41, 5.74) is 13.0. The number of rotatable bonds is 16. The summed E-state index contributed by atoms with van der Waals surface area (Å²) >= 11 is 0. The molecule has 0 spiro atoms. The van der Waals surface area contributed by atoms with Gasteiger partial charge in [0.2, 0.25) is 0 Å². The first-order chi connectivity index (χ1) is 22.3. The van der Waals surface area contributed by atoms with E-state index in [4.69, 9.17) is 0 Å². The van der Waals surface area contributed by atoms with E-state index in [2.05, 4.69) is 31.7 Å². The third-order valence-corrected chi connectivity index (χ3v) is 9.09. The molecule has 0 saturated carbocycles. The van der Waals surface area contributed by atoms with E-state index in [1.165, 1.54) is 0 Å². The zero-order chi connectivity index (χ0) is 32.7. The molecule has 0 aromatic heterocycles. The van der Waals surface area contributed by atoms with E-state index in [-0.39, 0.29) is 11.8 Å². The van der Waals surface area contributed by atoms with E-state index >= 15 is 0 Å². The second-order valence-electron chi connectivity index (χ2n) is 10.6. The molecule has 4 N–H and O–H groups in total. The van der Waals surface area contributed by atoms with Crippen LogP contribution in [0.4, 0.5) is 34.1 Å². The number of azo groups is 1.